The second-order valence-electron chi connectivity index (χ2n) is 3.75. The van der Waals surface area contributed by atoms with Gasteiger partial charge in [0.05, 0.1) is 5.92 Å². The predicted molar refractivity (Wildman–Crippen MR) is 61.4 cm³/mol. The first kappa shape index (κ1) is 11.8. The summed E-state index contributed by atoms with van der Waals surface area (Å²) in [7, 11) is 0. The minimum absolute atomic E-state index is 0.0147. The summed E-state index contributed by atoms with van der Waals surface area (Å²) in [5.41, 5.74) is 0. The van der Waals surface area contributed by atoms with Gasteiger partial charge in [-0.05, 0) is 6.42 Å². The van der Waals surface area contributed by atoms with Crippen LogP contribution in [0, 0.1) is 5.92 Å². The highest BCUT2D eigenvalue weighted by atomic mass is 35.5. The summed E-state index contributed by atoms with van der Waals surface area (Å²) in [4.78, 5) is 30.4. The Morgan fingerprint density at radius 2 is 2.35 bits per heavy atom. The maximum absolute atomic E-state index is 11.8. The van der Waals surface area contributed by atoms with Gasteiger partial charge in [0.15, 0.2) is 0 Å². The summed E-state index contributed by atoms with van der Waals surface area (Å²) in [5.74, 6) is -0.0350. The molecule has 2 N–H and O–H groups in total. The number of anilines is 1. The average molecular weight is 255 g/mol. The SMILES string of the molecule is O=C1CCC(C(=O)Nc2cc(Cl)ncn2)CN1. The molecular formula is C10H11ClN4O2. The van der Waals surface area contributed by atoms with Crippen molar-refractivity contribution in [2.24, 2.45) is 5.92 Å². The number of carbonyl (C=O) groups excluding carboxylic acids is 2. The van der Waals surface area contributed by atoms with Gasteiger partial charge in [0.25, 0.3) is 0 Å². The number of piperidine rings is 1. The molecule has 1 unspecified atom stereocenters. The zero-order valence-electron chi connectivity index (χ0n) is 8.94. The van der Waals surface area contributed by atoms with Crippen molar-refractivity contribution in [1.82, 2.24) is 15.3 Å². The summed E-state index contributed by atoms with van der Waals surface area (Å²) >= 11 is 5.67. The van der Waals surface area contributed by atoms with Crippen LogP contribution in [-0.2, 0) is 9.59 Å². The molecule has 1 aliphatic rings. The van der Waals surface area contributed by atoms with Gasteiger partial charge in [-0.25, -0.2) is 9.97 Å². The zero-order chi connectivity index (χ0) is 12.3. The lowest BCUT2D eigenvalue weighted by Gasteiger charge is -2.21. The molecule has 0 saturated carbocycles. The third-order valence-corrected chi connectivity index (χ3v) is 2.73. The standard InChI is InChI=1S/C10H11ClN4O2/c11-7-3-8(14-5-13-7)15-10(17)6-1-2-9(16)12-4-6/h3,5-6H,1-2,4H2,(H,12,16)(H,13,14,15,17). The summed E-state index contributed by atoms with van der Waals surface area (Å²) in [6.45, 7) is 0.365. The molecule has 1 atom stereocenters. The lowest BCUT2D eigenvalue weighted by molar-refractivity contribution is -0.126. The molecule has 1 aliphatic heterocycles. The third kappa shape index (κ3) is 3.13. The van der Waals surface area contributed by atoms with E-state index in [-0.39, 0.29) is 22.9 Å². The first-order chi connectivity index (χ1) is 8.15. The summed E-state index contributed by atoms with van der Waals surface area (Å²) in [6.07, 6.45) is 2.21. The van der Waals surface area contributed by atoms with Crippen LogP contribution in [0.25, 0.3) is 0 Å². The highest BCUT2D eigenvalue weighted by Crippen LogP contribution is 2.14. The Balaban J connectivity index is 1.95. The number of aromatic nitrogens is 2. The smallest absolute Gasteiger partial charge is 0.230 e. The van der Waals surface area contributed by atoms with Crippen LogP contribution in [0.4, 0.5) is 5.82 Å². The van der Waals surface area contributed by atoms with Gasteiger partial charge in [-0.1, -0.05) is 11.6 Å². The number of halogens is 1. The van der Waals surface area contributed by atoms with E-state index in [1.165, 1.54) is 12.4 Å². The molecule has 1 aromatic heterocycles. The fourth-order valence-corrected chi connectivity index (χ4v) is 1.73. The first-order valence-corrected chi connectivity index (χ1v) is 5.58. The fraction of sp³-hybridized carbons (Fsp3) is 0.400. The molecule has 1 saturated heterocycles. The number of hydrogen-bond donors (Lipinski definition) is 2. The van der Waals surface area contributed by atoms with Crippen molar-refractivity contribution in [3.8, 4) is 0 Å². The molecule has 17 heavy (non-hydrogen) atoms. The highest BCUT2D eigenvalue weighted by Gasteiger charge is 2.24. The van der Waals surface area contributed by atoms with Gasteiger partial charge in [0.1, 0.15) is 17.3 Å². The van der Waals surface area contributed by atoms with E-state index >= 15 is 0 Å². The Morgan fingerprint density at radius 3 is 3.00 bits per heavy atom. The van der Waals surface area contributed by atoms with Crippen LogP contribution in [0.2, 0.25) is 5.15 Å². The van der Waals surface area contributed by atoms with Crippen LogP contribution < -0.4 is 10.6 Å². The largest absolute Gasteiger partial charge is 0.355 e. The van der Waals surface area contributed by atoms with Crippen LogP contribution in [-0.4, -0.2) is 28.3 Å². The van der Waals surface area contributed by atoms with Crippen molar-refractivity contribution in [2.45, 2.75) is 12.8 Å². The van der Waals surface area contributed by atoms with Gasteiger partial charge >= 0.3 is 0 Å². The van der Waals surface area contributed by atoms with E-state index in [0.717, 1.165) is 0 Å². The Kier molecular flexibility index (Phi) is 3.53. The number of rotatable bonds is 2. The highest BCUT2D eigenvalue weighted by molar-refractivity contribution is 6.29. The number of nitrogens with one attached hydrogen (secondary N) is 2. The third-order valence-electron chi connectivity index (χ3n) is 2.52. The molecule has 6 nitrogen and oxygen atoms in total. The molecule has 0 radical (unpaired) electrons. The van der Waals surface area contributed by atoms with Crippen LogP contribution in [0.5, 0.6) is 0 Å². The van der Waals surface area contributed by atoms with Crippen LogP contribution >= 0.6 is 11.6 Å². The Labute approximate surface area is 103 Å². The molecule has 0 aliphatic carbocycles. The average Bonchev–Trinajstić information content (AvgIpc) is 2.29. The molecule has 0 aromatic carbocycles. The van der Waals surface area contributed by atoms with Crippen LogP contribution in [0.15, 0.2) is 12.4 Å². The van der Waals surface area contributed by atoms with Crippen LogP contribution in [0.1, 0.15) is 12.8 Å². The van der Waals surface area contributed by atoms with Gasteiger partial charge in [-0.15, -0.1) is 0 Å². The Morgan fingerprint density at radius 1 is 1.53 bits per heavy atom. The summed E-state index contributed by atoms with van der Waals surface area (Å²) in [6, 6.07) is 1.47. The van der Waals surface area contributed by atoms with Gasteiger partial charge in [-0.3, -0.25) is 9.59 Å². The molecule has 7 heteroatoms. The molecular weight excluding hydrogens is 244 g/mol. The first-order valence-electron chi connectivity index (χ1n) is 5.20. The molecule has 1 fully saturated rings. The molecule has 2 amide bonds. The summed E-state index contributed by atoms with van der Waals surface area (Å²) in [5, 5.41) is 5.56. The number of hydrogen-bond acceptors (Lipinski definition) is 4. The van der Waals surface area contributed by atoms with Gasteiger partial charge in [0, 0.05) is 19.0 Å². The Bertz CT molecular complexity index is 442. The van der Waals surface area contributed by atoms with E-state index in [1.54, 1.807) is 0 Å². The van der Waals surface area contributed by atoms with Crippen LogP contribution in [0.3, 0.4) is 0 Å². The predicted octanol–water partition coefficient (Wildman–Crippen LogP) is 0.595. The van der Waals surface area contributed by atoms with Crippen molar-refractivity contribution in [3.63, 3.8) is 0 Å². The van der Waals surface area contributed by atoms with Gasteiger partial charge in [-0.2, -0.15) is 0 Å². The normalized spacial score (nSPS) is 19.6. The summed E-state index contributed by atoms with van der Waals surface area (Å²) < 4.78 is 0. The maximum Gasteiger partial charge on any atom is 0.230 e. The monoisotopic (exact) mass is 254 g/mol. The van der Waals surface area contributed by atoms with Crippen molar-refractivity contribution in [3.05, 3.63) is 17.5 Å². The van der Waals surface area contributed by atoms with E-state index in [1.807, 2.05) is 0 Å². The second kappa shape index (κ2) is 5.09. The van der Waals surface area contributed by atoms with Crippen molar-refractivity contribution in [2.75, 3.05) is 11.9 Å². The van der Waals surface area contributed by atoms with E-state index in [2.05, 4.69) is 20.6 Å². The van der Waals surface area contributed by atoms with Crippen molar-refractivity contribution >= 4 is 29.2 Å². The van der Waals surface area contributed by atoms with Gasteiger partial charge < -0.3 is 10.6 Å². The van der Waals surface area contributed by atoms with E-state index in [4.69, 9.17) is 11.6 Å². The van der Waals surface area contributed by atoms with Crippen molar-refractivity contribution < 1.29 is 9.59 Å². The van der Waals surface area contributed by atoms with E-state index < -0.39 is 0 Å². The number of carbonyl (C=O) groups is 2. The minimum atomic E-state index is -0.221. The van der Waals surface area contributed by atoms with Crippen molar-refractivity contribution in [1.29, 1.82) is 0 Å². The molecule has 90 valence electrons. The molecule has 2 rings (SSSR count). The second-order valence-corrected chi connectivity index (χ2v) is 4.14. The lowest BCUT2D eigenvalue weighted by Crippen LogP contribution is -2.40. The minimum Gasteiger partial charge on any atom is -0.355 e. The maximum atomic E-state index is 11.8. The van der Waals surface area contributed by atoms with E-state index in [0.29, 0.717) is 25.2 Å². The molecule has 1 aromatic rings. The lowest BCUT2D eigenvalue weighted by atomic mass is 9.98. The number of nitrogens with zero attached hydrogens (tertiary/aromatic N) is 2. The molecule has 2 heterocycles. The molecule has 0 bridgehead atoms. The topological polar surface area (TPSA) is 84.0 Å². The fourth-order valence-electron chi connectivity index (χ4n) is 1.59. The number of amides is 2. The quantitative estimate of drug-likeness (QED) is 0.757. The zero-order valence-corrected chi connectivity index (χ0v) is 9.70. The van der Waals surface area contributed by atoms with E-state index in [9.17, 15) is 9.59 Å². The van der Waals surface area contributed by atoms with Gasteiger partial charge in [0.2, 0.25) is 11.8 Å². The Hall–Kier alpha value is -1.69. The molecule has 0 spiro atoms.